The second-order valence-electron chi connectivity index (χ2n) is 4.70. The van der Waals surface area contributed by atoms with Crippen LogP contribution in [0.2, 0.25) is 5.02 Å². The lowest BCUT2D eigenvalue weighted by Crippen LogP contribution is -2.21. The Morgan fingerprint density at radius 2 is 2.24 bits per heavy atom. The highest BCUT2D eigenvalue weighted by Gasteiger charge is 2.22. The summed E-state index contributed by atoms with van der Waals surface area (Å²) < 4.78 is 13.0. The van der Waals surface area contributed by atoms with Gasteiger partial charge in [-0.2, -0.15) is 0 Å². The summed E-state index contributed by atoms with van der Waals surface area (Å²) in [4.78, 5) is 0. The fraction of sp³-hybridized carbons (Fsp3) is 0.538. The van der Waals surface area contributed by atoms with Crippen LogP contribution in [-0.4, -0.2) is 17.8 Å². The van der Waals surface area contributed by atoms with Gasteiger partial charge in [-0.15, -0.1) is 0 Å². The van der Waals surface area contributed by atoms with Crippen LogP contribution in [0.15, 0.2) is 18.2 Å². The summed E-state index contributed by atoms with van der Waals surface area (Å²) in [7, 11) is 0. The predicted molar refractivity (Wildman–Crippen MR) is 66.5 cm³/mol. The van der Waals surface area contributed by atoms with E-state index in [0.717, 1.165) is 31.4 Å². The van der Waals surface area contributed by atoms with E-state index in [1.165, 1.54) is 12.1 Å². The topological polar surface area (TPSA) is 32.3 Å². The van der Waals surface area contributed by atoms with Crippen LogP contribution in [0.25, 0.3) is 0 Å². The van der Waals surface area contributed by atoms with Gasteiger partial charge in [0.05, 0.1) is 6.10 Å². The monoisotopic (exact) mass is 257 g/mol. The Balaban J connectivity index is 1.80. The molecule has 2 atom stereocenters. The van der Waals surface area contributed by atoms with Gasteiger partial charge in [-0.3, -0.25) is 0 Å². The van der Waals surface area contributed by atoms with Crippen molar-refractivity contribution in [3.8, 4) is 0 Å². The van der Waals surface area contributed by atoms with Crippen molar-refractivity contribution in [1.82, 2.24) is 5.32 Å². The maximum atomic E-state index is 13.0. The summed E-state index contributed by atoms with van der Waals surface area (Å²) in [5.74, 6) is 0.264. The lowest BCUT2D eigenvalue weighted by Gasteiger charge is -2.11. The third-order valence-corrected chi connectivity index (χ3v) is 3.64. The fourth-order valence-corrected chi connectivity index (χ4v) is 2.51. The van der Waals surface area contributed by atoms with Crippen molar-refractivity contribution in [2.75, 3.05) is 6.54 Å². The fourth-order valence-electron chi connectivity index (χ4n) is 2.32. The van der Waals surface area contributed by atoms with Crippen molar-refractivity contribution in [2.24, 2.45) is 5.92 Å². The van der Waals surface area contributed by atoms with Gasteiger partial charge in [0, 0.05) is 11.6 Å². The number of hydrogen-bond donors (Lipinski definition) is 2. The summed E-state index contributed by atoms with van der Waals surface area (Å²) in [5.41, 5.74) is 0.783. The molecule has 0 heterocycles. The molecule has 0 saturated heterocycles. The maximum absolute atomic E-state index is 13.0. The molecule has 0 spiro atoms. The maximum Gasteiger partial charge on any atom is 0.123 e. The number of aliphatic hydroxyl groups is 1. The molecule has 0 bridgehead atoms. The van der Waals surface area contributed by atoms with E-state index in [0.29, 0.717) is 17.5 Å². The van der Waals surface area contributed by atoms with Crippen LogP contribution in [0, 0.1) is 11.7 Å². The Morgan fingerprint density at radius 3 is 2.94 bits per heavy atom. The molecule has 17 heavy (non-hydrogen) atoms. The molecule has 0 amide bonds. The first-order valence-electron chi connectivity index (χ1n) is 5.98. The van der Waals surface area contributed by atoms with Crippen molar-refractivity contribution in [2.45, 2.75) is 31.9 Å². The lowest BCUT2D eigenvalue weighted by molar-refractivity contribution is 0.177. The average molecular weight is 258 g/mol. The molecule has 1 saturated carbocycles. The number of benzene rings is 1. The Bertz CT molecular complexity index is 386. The second-order valence-corrected chi connectivity index (χ2v) is 5.11. The van der Waals surface area contributed by atoms with E-state index in [1.807, 2.05) is 0 Å². The summed E-state index contributed by atoms with van der Waals surface area (Å²) in [5, 5.41) is 13.3. The van der Waals surface area contributed by atoms with E-state index >= 15 is 0 Å². The van der Waals surface area contributed by atoms with Gasteiger partial charge in [0.15, 0.2) is 0 Å². The van der Waals surface area contributed by atoms with Crippen LogP contribution < -0.4 is 5.32 Å². The molecule has 1 aliphatic carbocycles. The van der Waals surface area contributed by atoms with Gasteiger partial charge >= 0.3 is 0 Å². The molecular weight excluding hydrogens is 241 g/mol. The van der Waals surface area contributed by atoms with Crippen molar-refractivity contribution in [1.29, 1.82) is 0 Å². The van der Waals surface area contributed by atoms with Crippen LogP contribution in [0.4, 0.5) is 4.39 Å². The van der Waals surface area contributed by atoms with Gasteiger partial charge in [0.25, 0.3) is 0 Å². The van der Waals surface area contributed by atoms with Gasteiger partial charge in [0.2, 0.25) is 0 Å². The van der Waals surface area contributed by atoms with Crippen molar-refractivity contribution < 1.29 is 9.50 Å². The number of rotatable bonds is 4. The molecule has 0 radical (unpaired) electrons. The minimum atomic E-state index is -0.262. The first kappa shape index (κ1) is 12.8. The zero-order valence-corrected chi connectivity index (χ0v) is 10.4. The van der Waals surface area contributed by atoms with E-state index < -0.39 is 0 Å². The quantitative estimate of drug-likeness (QED) is 0.869. The largest absolute Gasteiger partial charge is 0.393 e. The van der Waals surface area contributed by atoms with E-state index in [2.05, 4.69) is 5.32 Å². The summed E-state index contributed by atoms with van der Waals surface area (Å²) in [6.45, 7) is 1.42. The lowest BCUT2D eigenvalue weighted by atomic mass is 10.1. The smallest absolute Gasteiger partial charge is 0.123 e. The van der Waals surface area contributed by atoms with Gasteiger partial charge in [0.1, 0.15) is 5.82 Å². The molecule has 1 fully saturated rings. The zero-order valence-electron chi connectivity index (χ0n) is 9.63. The molecule has 0 aromatic heterocycles. The van der Waals surface area contributed by atoms with Crippen LogP contribution in [-0.2, 0) is 6.54 Å². The predicted octanol–water partition coefficient (Wildman–Crippen LogP) is 2.73. The summed E-state index contributed by atoms with van der Waals surface area (Å²) in [6, 6.07) is 4.39. The van der Waals surface area contributed by atoms with Crippen LogP contribution in [0.5, 0.6) is 0 Å². The highest BCUT2D eigenvalue weighted by Crippen LogP contribution is 2.24. The Hall–Kier alpha value is -0.640. The first-order chi connectivity index (χ1) is 8.15. The highest BCUT2D eigenvalue weighted by molar-refractivity contribution is 6.31. The SMILES string of the molecule is OC1CCC(CNCc2cc(F)ccc2Cl)C1. The zero-order chi connectivity index (χ0) is 12.3. The van der Waals surface area contributed by atoms with Crippen molar-refractivity contribution in [3.05, 3.63) is 34.6 Å². The molecule has 94 valence electrons. The highest BCUT2D eigenvalue weighted by atomic mass is 35.5. The Kier molecular flexibility index (Phi) is 4.37. The molecule has 1 aliphatic rings. The van der Waals surface area contributed by atoms with E-state index in [1.54, 1.807) is 6.07 Å². The minimum Gasteiger partial charge on any atom is -0.393 e. The molecule has 2 rings (SSSR count). The van der Waals surface area contributed by atoms with Gasteiger partial charge < -0.3 is 10.4 Å². The standard InChI is InChI=1S/C13H17ClFNO/c14-13-4-2-11(15)6-10(13)8-16-7-9-1-3-12(17)5-9/h2,4,6,9,12,16-17H,1,3,5,7-8H2. The molecule has 4 heteroatoms. The molecule has 2 N–H and O–H groups in total. The molecule has 2 nitrogen and oxygen atoms in total. The molecule has 1 aromatic carbocycles. The third-order valence-electron chi connectivity index (χ3n) is 3.27. The Morgan fingerprint density at radius 1 is 1.41 bits per heavy atom. The van der Waals surface area contributed by atoms with Gasteiger partial charge in [-0.1, -0.05) is 11.6 Å². The average Bonchev–Trinajstić information content (AvgIpc) is 2.69. The number of nitrogens with one attached hydrogen (secondary N) is 1. The number of hydrogen-bond acceptors (Lipinski definition) is 2. The summed E-state index contributed by atoms with van der Waals surface area (Å²) >= 11 is 5.97. The van der Waals surface area contributed by atoms with Gasteiger partial charge in [-0.05, 0) is 55.5 Å². The third kappa shape index (κ3) is 3.66. The number of aliphatic hydroxyl groups excluding tert-OH is 1. The molecular formula is C13H17ClFNO. The van der Waals surface area contributed by atoms with Crippen molar-refractivity contribution >= 4 is 11.6 Å². The van der Waals surface area contributed by atoms with Gasteiger partial charge in [-0.25, -0.2) is 4.39 Å². The van der Waals surface area contributed by atoms with Crippen LogP contribution >= 0.6 is 11.6 Å². The first-order valence-corrected chi connectivity index (χ1v) is 6.35. The normalized spacial score (nSPS) is 24.2. The van der Waals surface area contributed by atoms with E-state index in [-0.39, 0.29) is 11.9 Å². The van der Waals surface area contributed by atoms with E-state index in [4.69, 9.17) is 11.6 Å². The van der Waals surface area contributed by atoms with Crippen LogP contribution in [0.3, 0.4) is 0 Å². The Labute approximate surface area is 106 Å². The second kappa shape index (κ2) is 5.80. The molecule has 1 aromatic rings. The minimum absolute atomic E-state index is 0.139. The van der Waals surface area contributed by atoms with Crippen LogP contribution in [0.1, 0.15) is 24.8 Å². The van der Waals surface area contributed by atoms with E-state index in [9.17, 15) is 9.50 Å². The summed E-state index contributed by atoms with van der Waals surface area (Å²) in [6.07, 6.45) is 2.68. The molecule has 0 aliphatic heterocycles. The number of halogens is 2. The molecule has 2 unspecified atom stereocenters. The van der Waals surface area contributed by atoms with Crippen molar-refractivity contribution in [3.63, 3.8) is 0 Å².